The molecule has 4 aromatic rings. The number of aromatic amines is 1. The summed E-state index contributed by atoms with van der Waals surface area (Å²) < 4.78 is 2.61. The average molecular weight is 317 g/mol. The monoisotopic (exact) mass is 317 g/mol. The van der Waals surface area contributed by atoms with Gasteiger partial charge in [-0.15, -0.1) is 0 Å². The van der Waals surface area contributed by atoms with Crippen molar-refractivity contribution in [3.63, 3.8) is 0 Å². The molecule has 3 aromatic carbocycles. The van der Waals surface area contributed by atoms with Gasteiger partial charge in [0.15, 0.2) is 4.77 Å². The number of H-pyrrole nitrogens is 1. The van der Waals surface area contributed by atoms with Gasteiger partial charge < -0.3 is 0 Å². The summed E-state index contributed by atoms with van der Waals surface area (Å²) in [7, 11) is 0. The van der Waals surface area contributed by atoms with Gasteiger partial charge >= 0.3 is 0 Å². The van der Waals surface area contributed by atoms with E-state index in [1.165, 1.54) is 16.3 Å². The van der Waals surface area contributed by atoms with Gasteiger partial charge in [0, 0.05) is 12.1 Å². The van der Waals surface area contributed by atoms with Crippen LogP contribution < -0.4 is 0 Å². The molecule has 4 heteroatoms. The lowest BCUT2D eigenvalue weighted by atomic mass is 10.0. The number of benzene rings is 3. The summed E-state index contributed by atoms with van der Waals surface area (Å²) in [5.41, 5.74) is 2.25. The maximum absolute atomic E-state index is 5.39. The number of para-hydroxylation sites is 1. The van der Waals surface area contributed by atoms with E-state index in [0.717, 1.165) is 17.9 Å². The van der Waals surface area contributed by atoms with Crippen molar-refractivity contribution in [2.24, 2.45) is 0 Å². The summed E-state index contributed by atoms with van der Waals surface area (Å²) in [6.07, 6.45) is 0.729. The molecule has 0 amide bonds. The van der Waals surface area contributed by atoms with E-state index in [9.17, 15) is 0 Å². The highest BCUT2D eigenvalue weighted by molar-refractivity contribution is 7.71. The zero-order valence-electron chi connectivity index (χ0n) is 12.4. The van der Waals surface area contributed by atoms with Crippen molar-refractivity contribution < 1.29 is 0 Å². The van der Waals surface area contributed by atoms with Crippen molar-refractivity contribution in [1.29, 1.82) is 0 Å². The van der Waals surface area contributed by atoms with Gasteiger partial charge in [0.05, 0.1) is 0 Å². The number of fused-ring (bicyclic) bond motifs is 1. The Morgan fingerprint density at radius 1 is 0.870 bits per heavy atom. The van der Waals surface area contributed by atoms with Crippen LogP contribution in [0, 0.1) is 4.77 Å². The van der Waals surface area contributed by atoms with Crippen molar-refractivity contribution in [2.45, 2.75) is 6.42 Å². The molecule has 1 heterocycles. The van der Waals surface area contributed by atoms with Crippen LogP contribution in [0.3, 0.4) is 0 Å². The fourth-order valence-corrected chi connectivity index (χ4v) is 3.08. The third-order valence-corrected chi connectivity index (χ3v) is 4.21. The Balaban J connectivity index is 1.75. The third-order valence-electron chi connectivity index (χ3n) is 3.93. The van der Waals surface area contributed by atoms with Gasteiger partial charge in [-0.05, 0) is 40.7 Å². The molecule has 3 nitrogen and oxygen atoms in total. The van der Waals surface area contributed by atoms with E-state index in [0.29, 0.717) is 4.77 Å². The first-order valence-corrected chi connectivity index (χ1v) is 7.91. The van der Waals surface area contributed by atoms with Crippen LogP contribution in [0.5, 0.6) is 0 Å². The summed E-state index contributed by atoms with van der Waals surface area (Å²) >= 11 is 5.39. The molecule has 0 atom stereocenters. The molecule has 0 radical (unpaired) electrons. The topological polar surface area (TPSA) is 33.6 Å². The van der Waals surface area contributed by atoms with E-state index in [1.807, 2.05) is 34.9 Å². The average Bonchev–Trinajstić information content (AvgIpc) is 2.96. The fraction of sp³-hybridized carbons (Fsp3) is 0.0526. The Labute approximate surface area is 139 Å². The van der Waals surface area contributed by atoms with Gasteiger partial charge in [-0.25, -0.2) is 0 Å². The highest BCUT2D eigenvalue weighted by atomic mass is 32.1. The van der Waals surface area contributed by atoms with Gasteiger partial charge in [-0.3, -0.25) is 9.67 Å². The van der Waals surface area contributed by atoms with Crippen LogP contribution in [0.2, 0.25) is 0 Å². The minimum Gasteiger partial charge on any atom is -0.272 e. The zero-order chi connectivity index (χ0) is 15.6. The van der Waals surface area contributed by atoms with Gasteiger partial charge in [0.2, 0.25) is 0 Å². The van der Waals surface area contributed by atoms with Crippen LogP contribution in [-0.2, 0) is 6.42 Å². The van der Waals surface area contributed by atoms with Crippen molar-refractivity contribution in [1.82, 2.24) is 14.8 Å². The summed E-state index contributed by atoms with van der Waals surface area (Å²) in [5, 5.41) is 9.81. The lowest BCUT2D eigenvalue weighted by Gasteiger charge is -2.07. The Bertz CT molecular complexity index is 1020. The first-order chi connectivity index (χ1) is 11.3. The molecule has 0 unspecified atom stereocenters. The fourth-order valence-electron chi connectivity index (χ4n) is 2.82. The molecule has 0 aliphatic rings. The molecule has 0 bridgehead atoms. The molecule has 1 N–H and O–H groups in total. The number of nitrogens with zero attached hydrogens (tertiary/aromatic N) is 2. The molecular weight excluding hydrogens is 302 g/mol. The van der Waals surface area contributed by atoms with Gasteiger partial charge in [0.1, 0.15) is 5.82 Å². The summed E-state index contributed by atoms with van der Waals surface area (Å²) in [6, 6.07) is 25.0. The molecule has 112 valence electrons. The highest BCUT2D eigenvalue weighted by Crippen LogP contribution is 2.19. The molecule has 23 heavy (non-hydrogen) atoms. The Morgan fingerprint density at radius 3 is 2.43 bits per heavy atom. The number of hydrogen-bond donors (Lipinski definition) is 1. The first kappa shape index (κ1) is 13.9. The second-order valence-corrected chi connectivity index (χ2v) is 5.86. The largest absolute Gasteiger partial charge is 0.272 e. The van der Waals surface area contributed by atoms with Crippen LogP contribution in [0.25, 0.3) is 16.5 Å². The predicted octanol–water partition coefficient (Wildman–Crippen LogP) is 4.67. The molecule has 4 rings (SSSR count). The van der Waals surface area contributed by atoms with Gasteiger partial charge in [-0.1, -0.05) is 60.7 Å². The first-order valence-electron chi connectivity index (χ1n) is 7.51. The summed E-state index contributed by atoms with van der Waals surface area (Å²) in [6.45, 7) is 0. The number of hydrogen-bond acceptors (Lipinski definition) is 2. The summed E-state index contributed by atoms with van der Waals surface area (Å²) in [5.74, 6) is 0.913. The lowest BCUT2D eigenvalue weighted by molar-refractivity contribution is 0.903. The quantitative estimate of drug-likeness (QED) is 0.557. The van der Waals surface area contributed by atoms with E-state index in [4.69, 9.17) is 12.2 Å². The zero-order valence-corrected chi connectivity index (χ0v) is 13.3. The number of rotatable bonds is 3. The molecule has 0 saturated carbocycles. The second kappa shape index (κ2) is 5.82. The normalized spacial score (nSPS) is 11.0. The van der Waals surface area contributed by atoms with E-state index in [2.05, 4.69) is 52.7 Å². The van der Waals surface area contributed by atoms with E-state index in [1.54, 1.807) is 0 Å². The standard InChI is InChI=1S/C19H15N3S/c23-19-21-20-18(22(19)17-8-2-1-3-9-17)13-14-10-11-15-6-4-5-7-16(15)12-14/h1-12H,13H2,(H,21,23). The molecule has 0 aliphatic heterocycles. The van der Waals surface area contributed by atoms with Crippen LogP contribution in [-0.4, -0.2) is 14.8 Å². The maximum atomic E-state index is 5.39. The second-order valence-electron chi connectivity index (χ2n) is 5.47. The van der Waals surface area contributed by atoms with Gasteiger partial charge in [0.25, 0.3) is 0 Å². The third kappa shape index (κ3) is 2.69. The van der Waals surface area contributed by atoms with Crippen molar-refractivity contribution in [3.05, 3.63) is 89.0 Å². The maximum Gasteiger partial charge on any atom is 0.199 e. The van der Waals surface area contributed by atoms with E-state index >= 15 is 0 Å². The molecule has 0 fully saturated rings. The Hall–Kier alpha value is -2.72. The molecule has 1 aromatic heterocycles. The Morgan fingerprint density at radius 2 is 1.61 bits per heavy atom. The molecular formula is C19H15N3S. The van der Waals surface area contributed by atoms with E-state index in [-0.39, 0.29) is 0 Å². The van der Waals surface area contributed by atoms with Crippen molar-refractivity contribution in [3.8, 4) is 5.69 Å². The minimum atomic E-state index is 0.618. The van der Waals surface area contributed by atoms with Crippen LogP contribution >= 0.6 is 12.2 Å². The van der Waals surface area contributed by atoms with Gasteiger partial charge in [-0.2, -0.15) is 5.10 Å². The van der Waals surface area contributed by atoms with Crippen LogP contribution in [0.1, 0.15) is 11.4 Å². The number of nitrogens with one attached hydrogen (secondary N) is 1. The SMILES string of the molecule is S=c1[nH]nc(Cc2ccc3ccccc3c2)n1-c1ccccc1. The molecule has 0 spiro atoms. The Kier molecular flexibility index (Phi) is 3.52. The number of aromatic nitrogens is 3. The smallest absolute Gasteiger partial charge is 0.199 e. The lowest BCUT2D eigenvalue weighted by Crippen LogP contribution is -2.02. The van der Waals surface area contributed by atoms with Crippen LogP contribution in [0.15, 0.2) is 72.8 Å². The molecule has 0 saturated heterocycles. The van der Waals surface area contributed by atoms with Crippen LogP contribution in [0.4, 0.5) is 0 Å². The van der Waals surface area contributed by atoms with E-state index < -0.39 is 0 Å². The van der Waals surface area contributed by atoms with Crippen molar-refractivity contribution in [2.75, 3.05) is 0 Å². The molecule has 0 aliphatic carbocycles. The minimum absolute atomic E-state index is 0.618. The summed E-state index contributed by atoms with van der Waals surface area (Å²) in [4.78, 5) is 0. The predicted molar refractivity (Wildman–Crippen MR) is 95.5 cm³/mol. The van der Waals surface area contributed by atoms with Crippen molar-refractivity contribution >= 4 is 23.0 Å². The highest BCUT2D eigenvalue weighted by Gasteiger charge is 2.09.